The highest BCUT2D eigenvalue weighted by Crippen LogP contribution is 2.12. The summed E-state index contributed by atoms with van der Waals surface area (Å²) in [6.45, 7) is 4.71. The van der Waals surface area contributed by atoms with Crippen LogP contribution in [0, 0.1) is 5.92 Å². The number of rotatable bonds is 8. The maximum absolute atomic E-state index is 11.8. The number of aryl methyl sites for hydroxylation is 1. The Morgan fingerprint density at radius 1 is 1.33 bits per heavy atom. The van der Waals surface area contributed by atoms with Crippen LogP contribution in [0.2, 0.25) is 0 Å². The smallest absolute Gasteiger partial charge is 0.237 e. The predicted molar refractivity (Wildman–Crippen MR) is 89.0 cm³/mol. The number of hydrogen-bond acceptors (Lipinski definition) is 3. The highest BCUT2D eigenvalue weighted by molar-refractivity contribution is 5.85. The third-order valence-corrected chi connectivity index (χ3v) is 3.66. The maximum Gasteiger partial charge on any atom is 0.237 e. The van der Waals surface area contributed by atoms with Crippen LogP contribution >= 0.6 is 12.4 Å². The zero-order valence-corrected chi connectivity index (χ0v) is 13.9. The SMILES string of the molecule is CCC(C)C(N)C(=O)NCCCc1ccc(OC)cc1.Cl. The van der Waals surface area contributed by atoms with Crippen LogP contribution in [0.1, 0.15) is 32.3 Å². The van der Waals surface area contributed by atoms with Crippen molar-refractivity contribution >= 4 is 18.3 Å². The van der Waals surface area contributed by atoms with Gasteiger partial charge in [0.15, 0.2) is 0 Å². The molecule has 0 radical (unpaired) electrons. The lowest BCUT2D eigenvalue weighted by atomic mass is 9.99. The van der Waals surface area contributed by atoms with Crippen molar-refractivity contribution in [1.82, 2.24) is 5.32 Å². The number of ether oxygens (including phenoxy) is 1. The van der Waals surface area contributed by atoms with Gasteiger partial charge in [0, 0.05) is 6.54 Å². The van der Waals surface area contributed by atoms with Gasteiger partial charge in [-0.3, -0.25) is 4.79 Å². The topological polar surface area (TPSA) is 64.4 Å². The van der Waals surface area contributed by atoms with Crippen LogP contribution in [-0.2, 0) is 11.2 Å². The zero-order valence-electron chi connectivity index (χ0n) is 13.1. The summed E-state index contributed by atoms with van der Waals surface area (Å²) in [5.41, 5.74) is 7.11. The molecule has 0 spiro atoms. The van der Waals surface area contributed by atoms with Crippen molar-refractivity contribution in [2.75, 3.05) is 13.7 Å². The Morgan fingerprint density at radius 2 is 1.95 bits per heavy atom. The molecule has 0 fully saturated rings. The van der Waals surface area contributed by atoms with Crippen LogP contribution in [0.5, 0.6) is 5.75 Å². The Kier molecular flexibility index (Phi) is 9.84. The first-order valence-corrected chi connectivity index (χ1v) is 7.24. The molecule has 21 heavy (non-hydrogen) atoms. The lowest BCUT2D eigenvalue weighted by Crippen LogP contribution is -2.44. The molecule has 0 saturated carbocycles. The van der Waals surface area contributed by atoms with Crippen LogP contribution in [0.15, 0.2) is 24.3 Å². The first kappa shape index (κ1) is 19.7. The quantitative estimate of drug-likeness (QED) is 0.725. The van der Waals surface area contributed by atoms with Crippen molar-refractivity contribution < 1.29 is 9.53 Å². The summed E-state index contributed by atoms with van der Waals surface area (Å²) in [4.78, 5) is 11.8. The highest BCUT2D eigenvalue weighted by atomic mass is 35.5. The van der Waals surface area contributed by atoms with E-state index < -0.39 is 6.04 Å². The third-order valence-electron chi connectivity index (χ3n) is 3.66. The van der Waals surface area contributed by atoms with E-state index >= 15 is 0 Å². The summed E-state index contributed by atoms with van der Waals surface area (Å²) in [7, 11) is 1.66. The Labute approximate surface area is 133 Å². The molecule has 2 unspecified atom stereocenters. The molecule has 3 N–H and O–H groups in total. The summed E-state index contributed by atoms with van der Waals surface area (Å²) in [5.74, 6) is 1.03. The van der Waals surface area contributed by atoms with Crippen LogP contribution in [-0.4, -0.2) is 25.6 Å². The number of amides is 1. The molecule has 0 heterocycles. The number of halogens is 1. The van der Waals surface area contributed by atoms with Gasteiger partial charge in [0.2, 0.25) is 5.91 Å². The minimum atomic E-state index is -0.402. The lowest BCUT2D eigenvalue weighted by molar-refractivity contribution is -0.123. The van der Waals surface area contributed by atoms with Gasteiger partial charge in [-0.25, -0.2) is 0 Å². The Bertz CT molecular complexity index is 409. The van der Waals surface area contributed by atoms with Crippen LogP contribution in [0.3, 0.4) is 0 Å². The average Bonchev–Trinajstić information content (AvgIpc) is 2.50. The van der Waals surface area contributed by atoms with Crippen LogP contribution < -0.4 is 15.8 Å². The summed E-state index contributed by atoms with van der Waals surface area (Å²) in [6.07, 6.45) is 2.76. The van der Waals surface area contributed by atoms with Gasteiger partial charge in [0.05, 0.1) is 13.2 Å². The number of carbonyl (C=O) groups excluding carboxylic acids is 1. The fourth-order valence-electron chi connectivity index (χ4n) is 1.93. The van der Waals surface area contributed by atoms with E-state index in [-0.39, 0.29) is 24.2 Å². The van der Waals surface area contributed by atoms with Crippen molar-refractivity contribution in [3.8, 4) is 5.75 Å². The minimum Gasteiger partial charge on any atom is -0.497 e. The molecule has 1 amide bonds. The Balaban J connectivity index is 0.00000400. The molecule has 120 valence electrons. The van der Waals surface area contributed by atoms with E-state index in [2.05, 4.69) is 5.32 Å². The number of methoxy groups -OCH3 is 1. The third kappa shape index (κ3) is 6.82. The minimum absolute atomic E-state index is 0. The van der Waals surface area contributed by atoms with Crippen LogP contribution in [0.25, 0.3) is 0 Å². The fraction of sp³-hybridized carbons (Fsp3) is 0.562. The predicted octanol–water partition coefficient (Wildman–Crippen LogP) is 2.54. The van der Waals surface area contributed by atoms with Gasteiger partial charge in [0.1, 0.15) is 5.75 Å². The average molecular weight is 315 g/mol. The monoisotopic (exact) mass is 314 g/mol. The standard InChI is InChI=1S/C16H26N2O2.ClH/c1-4-12(2)15(17)16(19)18-11-5-6-13-7-9-14(20-3)10-8-13;/h7-10,12,15H,4-6,11,17H2,1-3H3,(H,18,19);1H. The van der Waals surface area contributed by atoms with Crippen LogP contribution in [0.4, 0.5) is 0 Å². The van der Waals surface area contributed by atoms with E-state index in [1.165, 1.54) is 5.56 Å². The first-order valence-electron chi connectivity index (χ1n) is 7.24. The van der Waals surface area contributed by atoms with E-state index in [0.29, 0.717) is 6.54 Å². The van der Waals surface area contributed by atoms with Crippen molar-refractivity contribution in [3.05, 3.63) is 29.8 Å². The molecule has 0 bridgehead atoms. The molecule has 0 saturated heterocycles. The zero-order chi connectivity index (χ0) is 15.0. The summed E-state index contributed by atoms with van der Waals surface area (Å²) < 4.78 is 5.11. The van der Waals surface area contributed by atoms with E-state index in [1.54, 1.807) is 7.11 Å². The number of hydrogen-bond donors (Lipinski definition) is 2. The molecular weight excluding hydrogens is 288 g/mol. The second kappa shape index (κ2) is 10.5. The van der Waals surface area contributed by atoms with E-state index in [0.717, 1.165) is 25.0 Å². The molecule has 1 aromatic rings. The summed E-state index contributed by atoms with van der Waals surface area (Å²) in [5, 5.41) is 2.90. The van der Waals surface area contributed by atoms with Crippen molar-refractivity contribution in [1.29, 1.82) is 0 Å². The van der Waals surface area contributed by atoms with Gasteiger partial charge in [-0.05, 0) is 36.5 Å². The number of nitrogens with two attached hydrogens (primary N) is 1. The van der Waals surface area contributed by atoms with Gasteiger partial charge >= 0.3 is 0 Å². The largest absolute Gasteiger partial charge is 0.497 e. The molecule has 1 aromatic carbocycles. The number of benzene rings is 1. The van der Waals surface area contributed by atoms with Gasteiger partial charge in [-0.15, -0.1) is 12.4 Å². The first-order chi connectivity index (χ1) is 9.58. The van der Waals surface area contributed by atoms with Gasteiger partial charge in [-0.1, -0.05) is 32.4 Å². The number of carbonyl (C=O) groups is 1. The van der Waals surface area contributed by atoms with Gasteiger partial charge in [-0.2, -0.15) is 0 Å². The molecule has 2 atom stereocenters. The molecule has 0 aliphatic carbocycles. The van der Waals surface area contributed by atoms with E-state index in [1.807, 2.05) is 38.1 Å². The number of nitrogens with one attached hydrogen (secondary N) is 1. The Morgan fingerprint density at radius 3 is 2.48 bits per heavy atom. The molecule has 0 aliphatic heterocycles. The molecular formula is C16H27ClN2O2. The highest BCUT2D eigenvalue weighted by Gasteiger charge is 2.18. The summed E-state index contributed by atoms with van der Waals surface area (Å²) >= 11 is 0. The lowest BCUT2D eigenvalue weighted by Gasteiger charge is -2.17. The maximum atomic E-state index is 11.8. The van der Waals surface area contributed by atoms with Gasteiger partial charge in [0.25, 0.3) is 0 Å². The molecule has 0 aromatic heterocycles. The normalized spacial score (nSPS) is 13.0. The van der Waals surface area contributed by atoms with E-state index in [9.17, 15) is 4.79 Å². The van der Waals surface area contributed by atoms with Gasteiger partial charge < -0.3 is 15.8 Å². The molecule has 1 rings (SSSR count). The van der Waals surface area contributed by atoms with E-state index in [4.69, 9.17) is 10.5 Å². The van der Waals surface area contributed by atoms with Crippen molar-refractivity contribution in [2.45, 2.75) is 39.2 Å². The Hall–Kier alpha value is -1.26. The molecule has 5 heteroatoms. The molecule has 4 nitrogen and oxygen atoms in total. The fourth-order valence-corrected chi connectivity index (χ4v) is 1.93. The second-order valence-corrected chi connectivity index (χ2v) is 5.15. The molecule has 0 aliphatic rings. The van der Waals surface area contributed by atoms with Crippen molar-refractivity contribution in [3.63, 3.8) is 0 Å². The van der Waals surface area contributed by atoms with Crippen molar-refractivity contribution in [2.24, 2.45) is 11.7 Å². The summed E-state index contributed by atoms with van der Waals surface area (Å²) in [6, 6.07) is 7.59. The second-order valence-electron chi connectivity index (χ2n) is 5.15.